The summed E-state index contributed by atoms with van der Waals surface area (Å²) in [6.07, 6.45) is 1.01. The standard InChI is InChI=1S/C17H22N4O2/c1-4-13-5-7-14(8-6-13)9-18-16(22)17(3)11-23-10-15-20-19-12(2)21(15)17/h5-8H,4,9-11H2,1-3H3,(H,18,22). The zero-order chi connectivity index (χ0) is 16.4. The molecular formula is C17H22N4O2. The number of rotatable bonds is 4. The minimum atomic E-state index is -0.815. The summed E-state index contributed by atoms with van der Waals surface area (Å²) in [5.41, 5.74) is 1.55. The zero-order valence-corrected chi connectivity index (χ0v) is 13.8. The van der Waals surface area contributed by atoms with Crippen molar-refractivity contribution < 1.29 is 9.53 Å². The van der Waals surface area contributed by atoms with Crippen LogP contribution in [-0.2, 0) is 34.6 Å². The molecular weight excluding hydrogens is 292 g/mol. The lowest BCUT2D eigenvalue weighted by atomic mass is 10.00. The fraction of sp³-hybridized carbons (Fsp3) is 0.471. The molecule has 23 heavy (non-hydrogen) atoms. The minimum absolute atomic E-state index is 0.0825. The molecule has 2 aromatic rings. The van der Waals surface area contributed by atoms with Crippen molar-refractivity contribution in [2.45, 2.75) is 45.9 Å². The average Bonchev–Trinajstić information content (AvgIpc) is 2.96. The third-order valence-corrected chi connectivity index (χ3v) is 4.37. The van der Waals surface area contributed by atoms with Crippen molar-refractivity contribution in [1.82, 2.24) is 20.1 Å². The first-order chi connectivity index (χ1) is 11.0. The van der Waals surface area contributed by atoms with Crippen molar-refractivity contribution in [3.05, 3.63) is 47.0 Å². The monoisotopic (exact) mass is 314 g/mol. The quantitative estimate of drug-likeness (QED) is 0.933. The van der Waals surface area contributed by atoms with Crippen molar-refractivity contribution in [2.75, 3.05) is 6.61 Å². The van der Waals surface area contributed by atoms with Gasteiger partial charge in [0, 0.05) is 6.54 Å². The van der Waals surface area contributed by atoms with Gasteiger partial charge in [0.2, 0.25) is 5.91 Å². The molecule has 0 bridgehead atoms. The Kier molecular flexibility index (Phi) is 4.17. The topological polar surface area (TPSA) is 69.0 Å². The van der Waals surface area contributed by atoms with Gasteiger partial charge in [0.1, 0.15) is 18.0 Å². The Morgan fingerprint density at radius 2 is 2.00 bits per heavy atom. The number of benzene rings is 1. The third kappa shape index (κ3) is 2.86. The van der Waals surface area contributed by atoms with E-state index in [-0.39, 0.29) is 5.91 Å². The molecule has 6 heteroatoms. The first kappa shape index (κ1) is 15.7. The minimum Gasteiger partial charge on any atom is -0.370 e. The van der Waals surface area contributed by atoms with Gasteiger partial charge in [0.25, 0.3) is 0 Å². The van der Waals surface area contributed by atoms with E-state index in [1.165, 1.54) is 5.56 Å². The highest BCUT2D eigenvalue weighted by molar-refractivity contribution is 5.84. The lowest BCUT2D eigenvalue weighted by Gasteiger charge is -2.34. The fourth-order valence-electron chi connectivity index (χ4n) is 2.98. The maximum atomic E-state index is 12.8. The van der Waals surface area contributed by atoms with Crippen LogP contribution < -0.4 is 5.32 Å². The third-order valence-electron chi connectivity index (χ3n) is 4.37. The molecule has 1 atom stereocenters. The Hall–Kier alpha value is -2.21. The molecule has 3 rings (SSSR count). The van der Waals surface area contributed by atoms with Gasteiger partial charge >= 0.3 is 0 Å². The molecule has 1 aromatic heterocycles. The van der Waals surface area contributed by atoms with E-state index in [1.54, 1.807) is 0 Å². The summed E-state index contributed by atoms with van der Waals surface area (Å²) in [7, 11) is 0. The average molecular weight is 314 g/mol. The number of hydrogen-bond acceptors (Lipinski definition) is 4. The SMILES string of the molecule is CCc1ccc(CNC(=O)C2(C)COCc3nnc(C)n32)cc1. The second kappa shape index (κ2) is 6.12. The highest BCUT2D eigenvalue weighted by atomic mass is 16.5. The number of ether oxygens (including phenoxy) is 1. The van der Waals surface area contributed by atoms with Gasteiger partial charge in [-0.05, 0) is 31.4 Å². The molecule has 122 valence electrons. The molecule has 2 heterocycles. The molecule has 0 saturated heterocycles. The van der Waals surface area contributed by atoms with E-state index in [4.69, 9.17) is 4.74 Å². The van der Waals surface area contributed by atoms with Crippen LogP contribution in [0.1, 0.15) is 36.6 Å². The number of nitrogens with zero attached hydrogens (tertiary/aromatic N) is 3. The molecule has 1 aliphatic heterocycles. The number of carbonyl (C=O) groups is 1. The normalized spacial score (nSPS) is 20.1. The molecule has 1 N–H and O–H groups in total. The number of amides is 1. The highest BCUT2D eigenvalue weighted by Gasteiger charge is 2.41. The van der Waals surface area contributed by atoms with Crippen molar-refractivity contribution in [2.24, 2.45) is 0 Å². The molecule has 6 nitrogen and oxygen atoms in total. The van der Waals surface area contributed by atoms with E-state index in [1.807, 2.05) is 30.5 Å². The first-order valence-electron chi connectivity index (χ1n) is 7.90. The van der Waals surface area contributed by atoms with Gasteiger partial charge in [0.15, 0.2) is 5.82 Å². The molecule has 0 spiro atoms. The van der Waals surface area contributed by atoms with Crippen LogP contribution in [-0.4, -0.2) is 27.3 Å². The van der Waals surface area contributed by atoms with Gasteiger partial charge in [-0.2, -0.15) is 0 Å². The Labute approximate surface area is 135 Å². The molecule has 1 aliphatic rings. The number of carbonyl (C=O) groups excluding carboxylic acids is 1. The van der Waals surface area contributed by atoms with E-state index in [0.29, 0.717) is 25.6 Å². The summed E-state index contributed by atoms with van der Waals surface area (Å²) < 4.78 is 7.43. The van der Waals surface area contributed by atoms with Crippen LogP contribution in [0, 0.1) is 6.92 Å². The van der Waals surface area contributed by atoms with Gasteiger partial charge in [0.05, 0.1) is 6.61 Å². The molecule has 0 aliphatic carbocycles. The molecule has 0 fully saturated rings. The van der Waals surface area contributed by atoms with Crippen LogP contribution in [0.15, 0.2) is 24.3 Å². The molecule has 1 aromatic carbocycles. The van der Waals surface area contributed by atoms with Gasteiger partial charge in [-0.15, -0.1) is 10.2 Å². The lowest BCUT2D eigenvalue weighted by molar-refractivity contribution is -0.135. The maximum absolute atomic E-state index is 12.8. The van der Waals surface area contributed by atoms with E-state index in [9.17, 15) is 4.79 Å². The van der Waals surface area contributed by atoms with Crippen molar-refractivity contribution in [3.63, 3.8) is 0 Å². The van der Waals surface area contributed by atoms with Gasteiger partial charge in [-0.3, -0.25) is 9.36 Å². The Bertz CT molecular complexity index is 708. The van der Waals surface area contributed by atoms with E-state index in [2.05, 4.69) is 34.6 Å². The fourth-order valence-corrected chi connectivity index (χ4v) is 2.98. The summed E-state index contributed by atoms with van der Waals surface area (Å²) in [4.78, 5) is 12.8. The Morgan fingerprint density at radius 1 is 1.30 bits per heavy atom. The summed E-state index contributed by atoms with van der Waals surface area (Å²) in [6, 6.07) is 8.28. The van der Waals surface area contributed by atoms with Gasteiger partial charge < -0.3 is 10.1 Å². The largest absolute Gasteiger partial charge is 0.370 e. The van der Waals surface area contributed by atoms with E-state index < -0.39 is 5.54 Å². The van der Waals surface area contributed by atoms with Crippen molar-refractivity contribution in [1.29, 1.82) is 0 Å². The van der Waals surface area contributed by atoms with Crippen LogP contribution >= 0.6 is 0 Å². The highest BCUT2D eigenvalue weighted by Crippen LogP contribution is 2.26. The van der Waals surface area contributed by atoms with Crippen LogP contribution in [0.2, 0.25) is 0 Å². The predicted molar refractivity (Wildman–Crippen MR) is 85.7 cm³/mol. The Balaban J connectivity index is 1.74. The van der Waals surface area contributed by atoms with Crippen LogP contribution in [0.4, 0.5) is 0 Å². The van der Waals surface area contributed by atoms with E-state index >= 15 is 0 Å². The first-order valence-corrected chi connectivity index (χ1v) is 7.90. The molecule has 0 radical (unpaired) electrons. The number of fused-ring (bicyclic) bond motifs is 1. The van der Waals surface area contributed by atoms with Crippen molar-refractivity contribution in [3.8, 4) is 0 Å². The molecule has 0 saturated carbocycles. The number of nitrogens with one attached hydrogen (secondary N) is 1. The summed E-state index contributed by atoms with van der Waals surface area (Å²) >= 11 is 0. The Morgan fingerprint density at radius 3 is 2.70 bits per heavy atom. The van der Waals surface area contributed by atoms with Gasteiger partial charge in [-0.1, -0.05) is 31.2 Å². The van der Waals surface area contributed by atoms with Crippen LogP contribution in [0.5, 0.6) is 0 Å². The summed E-state index contributed by atoms with van der Waals surface area (Å²) in [6.45, 7) is 7.05. The lowest BCUT2D eigenvalue weighted by Crippen LogP contribution is -2.52. The number of hydrogen-bond donors (Lipinski definition) is 1. The van der Waals surface area contributed by atoms with E-state index in [0.717, 1.165) is 17.8 Å². The maximum Gasteiger partial charge on any atom is 0.248 e. The van der Waals surface area contributed by atoms with Crippen LogP contribution in [0.3, 0.4) is 0 Å². The smallest absolute Gasteiger partial charge is 0.248 e. The summed E-state index contributed by atoms with van der Waals surface area (Å²) in [5, 5.41) is 11.2. The number of aryl methyl sites for hydroxylation is 2. The zero-order valence-electron chi connectivity index (χ0n) is 13.8. The molecule has 1 unspecified atom stereocenters. The van der Waals surface area contributed by atoms with Crippen LogP contribution in [0.25, 0.3) is 0 Å². The number of aromatic nitrogens is 3. The second-order valence-corrected chi connectivity index (χ2v) is 6.12. The summed E-state index contributed by atoms with van der Waals surface area (Å²) in [5.74, 6) is 1.34. The molecule has 1 amide bonds. The predicted octanol–water partition coefficient (Wildman–Crippen LogP) is 1.71. The second-order valence-electron chi connectivity index (χ2n) is 6.12. The van der Waals surface area contributed by atoms with Gasteiger partial charge in [-0.25, -0.2) is 0 Å². The van der Waals surface area contributed by atoms with Crippen molar-refractivity contribution >= 4 is 5.91 Å².